The lowest BCUT2D eigenvalue weighted by atomic mass is 10.2. The molecule has 0 fully saturated rings. The molecule has 138 valence electrons. The summed E-state index contributed by atoms with van der Waals surface area (Å²) in [6.07, 6.45) is 0. The van der Waals surface area contributed by atoms with Crippen LogP contribution in [-0.4, -0.2) is 30.3 Å². The van der Waals surface area contributed by atoms with E-state index < -0.39 is 0 Å². The van der Waals surface area contributed by atoms with E-state index in [0.717, 1.165) is 0 Å². The standard InChI is InChI=1S/C19H17ClN4O3/c1-26-14-6-7-15(16(11-14)27-2)21-17-8-9-18(24-23-17)22-19(25)12-4-3-5-13(20)10-12/h3-11H,1-2H3,(H,21,23)(H,22,24,25). The molecule has 7 nitrogen and oxygen atoms in total. The van der Waals surface area contributed by atoms with Crippen LogP contribution in [0.3, 0.4) is 0 Å². The largest absolute Gasteiger partial charge is 0.497 e. The molecule has 0 aliphatic carbocycles. The van der Waals surface area contributed by atoms with Crippen LogP contribution in [0, 0.1) is 0 Å². The number of ether oxygens (including phenoxy) is 2. The monoisotopic (exact) mass is 384 g/mol. The summed E-state index contributed by atoms with van der Waals surface area (Å²) in [7, 11) is 3.16. The number of aromatic nitrogens is 2. The number of anilines is 3. The number of carbonyl (C=O) groups excluding carboxylic acids is 1. The number of hydrogen-bond acceptors (Lipinski definition) is 6. The van der Waals surface area contributed by atoms with Gasteiger partial charge in [-0.1, -0.05) is 17.7 Å². The quantitative estimate of drug-likeness (QED) is 0.664. The molecule has 2 N–H and O–H groups in total. The van der Waals surface area contributed by atoms with E-state index >= 15 is 0 Å². The van der Waals surface area contributed by atoms with Crippen LogP contribution in [0.1, 0.15) is 10.4 Å². The smallest absolute Gasteiger partial charge is 0.256 e. The first-order chi connectivity index (χ1) is 13.1. The van der Waals surface area contributed by atoms with Gasteiger partial charge in [0.15, 0.2) is 11.6 Å². The van der Waals surface area contributed by atoms with Crippen molar-refractivity contribution in [2.24, 2.45) is 0 Å². The van der Waals surface area contributed by atoms with Gasteiger partial charge >= 0.3 is 0 Å². The molecule has 0 saturated carbocycles. The van der Waals surface area contributed by atoms with Crippen LogP contribution in [0.25, 0.3) is 0 Å². The van der Waals surface area contributed by atoms with Crippen molar-refractivity contribution in [2.45, 2.75) is 0 Å². The third-order valence-electron chi connectivity index (χ3n) is 3.66. The molecule has 27 heavy (non-hydrogen) atoms. The van der Waals surface area contributed by atoms with Gasteiger partial charge in [-0.2, -0.15) is 0 Å². The summed E-state index contributed by atoms with van der Waals surface area (Å²) >= 11 is 5.90. The van der Waals surface area contributed by atoms with Crippen LogP contribution in [0.5, 0.6) is 11.5 Å². The third-order valence-corrected chi connectivity index (χ3v) is 3.90. The number of benzene rings is 2. The second kappa shape index (κ2) is 8.37. The minimum absolute atomic E-state index is 0.315. The van der Waals surface area contributed by atoms with Crippen molar-refractivity contribution >= 4 is 34.8 Å². The number of nitrogens with zero attached hydrogens (tertiary/aromatic N) is 2. The Morgan fingerprint density at radius 1 is 0.963 bits per heavy atom. The van der Waals surface area contributed by atoms with Gasteiger partial charge in [-0.3, -0.25) is 4.79 Å². The Kier molecular flexibility index (Phi) is 5.73. The average Bonchev–Trinajstić information content (AvgIpc) is 2.69. The average molecular weight is 385 g/mol. The van der Waals surface area contributed by atoms with Gasteiger partial charge in [0, 0.05) is 16.7 Å². The van der Waals surface area contributed by atoms with Crippen molar-refractivity contribution in [1.29, 1.82) is 0 Å². The molecule has 8 heteroatoms. The molecule has 0 aliphatic heterocycles. The number of hydrogen-bond donors (Lipinski definition) is 2. The highest BCUT2D eigenvalue weighted by Crippen LogP contribution is 2.30. The maximum absolute atomic E-state index is 12.2. The van der Waals surface area contributed by atoms with Crippen molar-refractivity contribution in [2.75, 3.05) is 24.9 Å². The zero-order valence-corrected chi connectivity index (χ0v) is 15.4. The molecule has 1 heterocycles. The Morgan fingerprint density at radius 2 is 1.74 bits per heavy atom. The molecular formula is C19H17ClN4O3. The topological polar surface area (TPSA) is 85.4 Å². The summed E-state index contributed by atoms with van der Waals surface area (Å²) in [6, 6.07) is 15.4. The predicted octanol–water partition coefficient (Wildman–Crippen LogP) is 4.14. The summed E-state index contributed by atoms with van der Waals surface area (Å²) in [4.78, 5) is 12.2. The van der Waals surface area contributed by atoms with Gasteiger partial charge in [0.2, 0.25) is 0 Å². The Balaban J connectivity index is 1.69. The first-order valence-electron chi connectivity index (χ1n) is 7.99. The second-order valence-electron chi connectivity index (χ2n) is 5.46. The van der Waals surface area contributed by atoms with Gasteiger partial charge in [0.05, 0.1) is 19.9 Å². The minimum Gasteiger partial charge on any atom is -0.497 e. The molecule has 0 atom stereocenters. The Bertz CT molecular complexity index is 948. The Morgan fingerprint density at radius 3 is 2.41 bits per heavy atom. The number of rotatable bonds is 6. The maximum atomic E-state index is 12.2. The summed E-state index contributed by atoms with van der Waals surface area (Å²) in [5.74, 6) is 1.80. The van der Waals surface area contributed by atoms with E-state index in [4.69, 9.17) is 21.1 Å². The van der Waals surface area contributed by atoms with Crippen molar-refractivity contribution < 1.29 is 14.3 Å². The van der Waals surface area contributed by atoms with E-state index in [1.807, 2.05) is 6.07 Å². The van der Waals surface area contributed by atoms with Gasteiger partial charge in [0.25, 0.3) is 5.91 Å². The van der Waals surface area contributed by atoms with Crippen molar-refractivity contribution in [1.82, 2.24) is 10.2 Å². The van der Waals surface area contributed by atoms with Crippen molar-refractivity contribution in [3.05, 3.63) is 65.2 Å². The number of amides is 1. The molecule has 0 saturated heterocycles. The first kappa shape index (κ1) is 18.5. The third kappa shape index (κ3) is 4.65. The fraction of sp³-hybridized carbons (Fsp3) is 0.105. The molecule has 1 aromatic heterocycles. The Labute approximate surface area is 161 Å². The second-order valence-corrected chi connectivity index (χ2v) is 5.90. The van der Waals surface area contributed by atoms with Gasteiger partial charge in [-0.15, -0.1) is 10.2 Å². The number of carbonyl (C=O) groups is 1. The lowest BCUT2D eigenvalue weighted by Crippen LogP contribution is -2.13. The molecule has 0 aliphatic rings. The van der Waals surface area contributed by atoms with E-state index in [-0.39, 0.29) is 5.91 Å². The molecule has 0 unspecified atom stereocenters. The predicted molar refractivity (Wildman–Crippen MR) is 104 cm³/mol. The van der Waals surface area contributed by atoms with Crippen molar-refractivity contribution in [3.63, 3.8) is 0 Å². The summed E-state index contributed by atoms with van der Waals surface area (Å²) < 4.78 is 10.5. The number of halogens is 1. The number of methoxy groups -OCH3 is 2. The van der Waals surface area contributed by atoms with Crippen molar-refractivity contribution in [3.8, 4) is 11.5 Å². The highest BCUT2D eigenvalue weighted by Gasteiger charge is 2.09. The molecule has 1 amide bonds. The zero-order valence-electron chi connectivity index (χ0n) is 14.7. The van der Waals surface area contributed by atoms with E-state index in [1.165, 1.54) is 0 Å². The van der Waals surface area contributed by atoms with Crippen LogP contribution in [0.4, 0.5) is 17.3 Å². The minimum atomic E-state index is -0.315. The molecule has 0 radical (unpaired) electrons. The highest BCUT2D eigenvalue weighted by atomic mass is 35.5. The summed E-state index contributed by atoms with van der Waals surface area (Å²) in [6.45, 7) is 0. The van der Waals surface area contributed by atoms with Crippen LogP contribution in [0.2, 0.25) is 5.02 Å². The van der Waals surface area contributed by atoms with Gasteiger partial charge in [-0.25, -0.2) is 0 Å². The first-order valence-corrected chi connectivity index (χ1v) is 8.36. The van der Waals surface area contributed by atoms with E-state index in [9.17, 15) is 4.79 Å². The SMILES string of the molecule is COc1ccc(Nc2ccc(NC(=O)c3cccc(Cl)c3)nn2)c(OC)c1. The lowest BCUT2D eigenvalue weighted by molar-refractivity contribution is 0.102. The number of nitrogens with one attached hydrogen (secondary N) is 2. The zero-order chi connectivity index (χ0) is 19.2. The van der Waals surface area contributed by atoms with Crippen LogP contribution < -0.4 is 20.1 Å². The summed E-state index contributed by atoms with van der Waals surface area (Å²) in [5.41, 5.74) is 1.15. The summed E-state index contributed by atoms with van der Waals surface area (Å²) in [5, 5.41) is 14.3. The maximum Gasteiger partial charge on any atom is 0.256 e. The lowest BCUT2D eigenvalue weighted by Gasteiger charge is -2.12. The normalized spacial score (nSPS) is 10.2. The van der Waals surface area contributed by atoms with Crippen LogP contribution in [0.15, 0.2) is 54.6 Å². The van der Waals surface area contributed by atoms with E-state index in [2.05, 4.69) is 20.8 Å². The Hall–Kier alpha value is -3.32. The molecule has 0 spiro atoms. The van der Waals surface area contributed by atoms with Gasteiger partial charge < -0.3 is 20.1 Å². The van der Waals surface area contributed by atoms with E-state index in [1.54, 1.807) is 62.8 Å². The van der Waals surface area contributed by atoms with Crippen LogP contribution in [-0.2, 0) is 0 Å². The molecule has 3 rings (SSSR count). The molecular weight excluding hydrogens is 368 g/mol. The van der Waals surface area contributed by atoms with Crippen LogP contribution >= 0.6 is 11.6 Å². The van der Waals surface area contributed by atoms with Gasteiger partial charge in [-0.05, 0) is 42.5 Å². The fourth-order valence-corrected chi connectivity index (χ4v) is 2.51. The van der Waals surface area contributed by atoms with Gasteiger partial charge in [0.1, 0.15) is 11.5 Å². The molecule has 0 bridgehead atoms. The highest BCUT2D eigenvalue weighted by molar-refractivity contribution is 6.31. The van der Waals surface area contributed by atoms with E-state index in [0.29, 0.717) is 39.4 Å². The fourth-order valence-electron chi connectivity index (χ4n) is 2.32. The molecule has 2 aromatic carbocycles. The molecule has 3 aromatic rings.